The van der Waals surface area contributed by atoms with Gasteiger partial charge in [-0.2, -0.15) is 0 Å². The molecule has 0 spiro atoms. The highest BCUT2D eigenvalue weighted by atomic mass is 79.9. The molecule has 1 N–H and O–H groups in total. The van der Waals surface area contributed by atoms with Gasteiger partial charge in [-0.05, 0) is 65.6 Å². The van der Waals surface area contributed by atoms with E-state index in [1.54, 1.807) is 24.3 Å². The Balaban J connectivity index is 1.87. The van der Waals surface area contributed by atoms with Crippen molar-refractivity contribution in [3.63, 3.8) is 0 Å². The first kappa shape index (κ1) is 15.4. The number of aromatic nitrogens is 2. The molecule has 0 saturated carbocycles. The predicted molar refractivity (Wildman–Crippen MR) is 91.3 cm³/mol. The molecule has 0 unspecified atom stereocenters. The van der Waals surface area contributed by atoms with Crippen molar-refractivity contribution < 1.29 is 9.42 Å². The largest absolute Gasteiger partial charge is 0.302 e. The lowest BCUT2D eigenvalue weighted by Crippen LogP contribution is -2.12. The molecule has 0 bridgehead atoms. The monoisotopic (exact) mass is 371 g/mol. The fourth-order valence-corrected chi connectivity index (χ4v) is 2.39. The van der Waals surface area contributed by atoms with Crippen molar-refractivity contribution in [2.45, 2.75) is 13.8 Å². The van der Waals surface area contributed by atoms with Crippen molar-refractivity contribution in [3.05, 3.63) is 63.6 Å². The van der Waals surface area contributed by atoms with Crippen molar-refractivity contribution in [1.29, 1.82) is 0 Å². The van der Waals surface area contributed by atoms with E-state index in [4.69, 9.17) is 4.63 Å². The molecule has 3 rings (SSSR count). The molecular weight excluding hydrogens is 358 g/mol. The molecule has 0 saturated heterocycles. The minimum absolute atomic E-state index is 0.265. The number of carbonyl (C=O) groups excluding carboxylic acids is 1. The van der Waals surface area contributed by atoms with Crippen LogP contribution in [0, 0.1) is 13.8 Å². The van der Waals surface area contributed by atoms with Crippen LogP contribution in [-0.2, 0) is 0 Å². The van der Waals surface area contributed by atoms with Crippen LogP contribution in [0.2, 0.25) is 0 Å². The molecule has 3 aromatic rings. The van der Waals surface area contributed by atoms with Gasteiger partial charge in [-0.1, -0.05) is 28.1 Å². The second-order valence-corrected chi connectivity index (χ2v) is 6.14. The van der Waals surface area contributed by atoms with E-state index < -0.39 is 0 Å². The number of halogens is 1. The fourth-order valence-electron chi connectivity index (χ4n) is 2.13. The van der Waals surface area contributed by atoms with Crippen molar-refractivity contribution in [1.82, 2.24) is 10.3 Å². The minimum atomic E-state index is -0.265. The summed E-state index contributed by atoms with van der Waals surface area (Å²) in [7, 11) is 0. The average molecular weight is 372 g/mol. The number of rotatable bonds is 3. The third-order valence-corrected chi connectivity index (χ3v) is 4.14. The van der Waals surface area contributed by atoms with Crippen molar-refractivity contribution in [3.8, 4) is 11.3 Å². The molecule has 116 valence electrons. The zero-order valence-corrected chi connectivity index (χ0v) is 14.2. The van der Waals surface area contributed by atoms with Crippen LogP contribution in [0.4, 0.5) is 5.82 Å². The van der Waals surface area contributed by atoms with E-state index in [1.807, 2.05) is 32.0 Å². The maximum atomic E-state index is 12.3. The normalized spacial score (nSPS) is 10.6. The first-order valence-electron chi connectivity index (χ1n) is 7.01. The lowest BCUT2D eigenvalue weighted by atomic mass is 10.0. The number of carbonyl (C=O) groups is 1. The molecule has 1 aromatic heterocycles. The number of aryl methyl sites for hydroxylation is 2. The Morgan fingerprint density at radius 2 is 1.78 bits per heavy atom. The van der Waals surface area contributed by atoms with Crippen LogP contribution in [0.15, 0.2) is 51.6 Å². The van der Waals surface area contributed by atoms with Crippen LogP contribution in [-0.4, -0.2) is 16.2 Å². The number of nitrogens with one attached hydrogen (secondary N) is 1. The highest BCUT2D eigenvalue weighted by molar-refractivity contribution is 9.10. The van der Waals surface area contributed by atoms with Gasteiger partial charge >= 0.3 is 0 Å². The Morgan fingerprint density at radius 1 is 1.04 bits per heavy atom. The Morgan fingerprint density at radius 3 is 2.48 bits per heavy atom. The molecule has 0 aliphatic rings. The zero-order valence-electron chi connectivity index (χ0n) is 12.6. The van der Waals surface area contributed by atoms with E-state index in [1.165, 1.54) is 5.56 Å². The van der Waals surface area contributed by atoms with Gasteiger partial charge in [0.15, 0.2) is 5.69 Å². The molecule has 1 amide bonds. The summed E-state index contributed by atoms with van der Waals surface area (Å²) in [5, 5.41) is 10.4. The van der Waals surface area contributed by atoms with Gasteiger partial charge in [0.05, 0.1) is 0 Å². The highest BCUT2D eigenvalue weighted by Crippen LogP contribution is 2.26. The van der Waals surface area contributed by atoms with Gasteiger partial charge in [0.1, 0.15) is 0 Å². The van der Waals surface area contributed by atoms with Crippen molar-refractivity contribution >= 4 is 27.7 Å². The summed E-state index contributed by atoms with van der Waals surface area (Å²) < 4.78 is 5.71. The third-order valence-electron chi connectivity index (χ3n) is 3.61. The summed E-state index contributed by atoms with van der Waals surface area (Å²) in [6.45, 7) is 4.06. The third kappa shape index (κ3) is 3.32. The second-order valence-electron chi connectivity index (χ2n) is 5.22. The number of anilines is 1. The molecule has 0 radical (unpaired) electrons. The highest BCUT2D eigenvalue weighted by Gasteiger charge is 2.16. The predicted octanol–water partition coefficient (Wildman–Crippen LogP) is 4.37. The number of amides is 1. The smallest absolute Gasteiger partial charge is 0.256 e. The van der Waals surface area contributed by atoms with Crippen LogP contribution in [0.1, 0.15) is 21.5 Å². The zero-order chi connectivity index (χ0) is 16.4. The Kier molecular flexibility index (Phi) is 4.25. The molecule has 0 aliphatic heterocycles. The van der Waals surface area contributed by atoms with Gasteiger partial charge in [-0.15, -0.1) is 0 Å². The maximum Gasteiger partial charge on any atom is 0.256 e. The van der Waals surface area contributed by atoms with E-state index >= 15 is 0 Å². The van der Waals surface area contributed by atoms with E-state index in [2.05, 4.69) is 31.6 Å². The van der Waals surface area contributed by atoms with Gasteiger partial charge in [-0.3, -0.25) is 4.79 Å². The fraction of sp³-hybridized carbons (Fsp3) is 0.118. The quantitative estimate of drug-likeness (QED) is 0.742. The average Bonchev–Trinajstić information content (AvgIpc) is 2.99. The van der Waals surface area contributed by atoms with E-state index in [0.717, 1.165) is 15.6 Å². The van der Waals surface area contributed by atoms with E-state index in [9.17, 15) is 4.79 Å². The summed E-state index contributed by atoms with van der Waals surface area (Å²) in [5.74, 6) is 0.0412. The molecule has 2 aromatic carbocycles. The SMILES string of the molecule is Cc1ccc(-c2nonc2NC(=O)c2ccc(Br)cc2)cc1C. The summed E-state index contributed by atoms with van der Waals surface area (Å²) in [6, 6.07) is 13.0. The second kappa shape index (κ2) is 6.34. The maximum absolute atomic E-state index is 12.3. The molecule has 23 heavy (non-hydrogen) atoms. The Hall–Kier alpha value is -2.47. The van der Waals surface area contributed by atoms with Gasteiger partial charge in [0, 0.05) is 15.6 Å². The topological polar surface area (TPSA) is 68.0 Å². The minimum Gasteiger partial charge on any atom is -0.302 e. The molecule has 0 aliphatic carbocycles. The van der Waals surface area contributed by atoms with Crippen LogP contribution < -0.4 is 5.32 Å². The van der Waals surface area contributed by atoms with E-state index in [0.29, 0.717) is 17.1 Å². The molecule has 0 atom stereocenters. The molecule has 5 nitrogen and oxygen atoms in total. The summed E-state index contributed by atoms with van der Waals surface area (Å²) in [5.41, 5.74) is 4.21. The molecular formula is C17H14BrN3O2. The number of benzene rings is 2. The lowest BCUT2D eigenvalue weighted by molar-refractivity contribution is 0.102. The number of hydrogen-bond donors (Lipinski definition) is 1. The van der Waals surface area contributed by atoms with Crippen molar-refractivity contribution in [2.24, 2.45) is 0 Å². The van der Waals surface area contributed by atoms with Crippen LogP contribution >= 0.6 is 15.9 Å². The summed E-state index contributed by atoms with van der Waals surface area (Å²) in [4.78, 5) is 12.3. The summed E-state index contributed by atoms with van der Waals surface area (Å²) in [6.07, 6.45) is 0. The molecule has 0 fully saturated rings. The van der Waals surface area contributed by atoms with Crippen LogP contribution in [0.25, 0.3) is 11.3 Å². The number of nitrogens with zero attached hydrogens (tertiary/aromatic N) is 2. The van der Waals surface area contributed by atoms with Gasteiger partial charge < -0.3 is 5.32 Å². The van der Waals surface area contributed by atoms with Gasteiger partial charge in [-0.25, -0.2) is 4.63 Å². The Labute approximate surface area is 141 Å². The van der Waals surface area contributed by atoms with Gasteiger partial charge in [0.25, 0.3) is 5.91 Å². The van der Waals surface area contributed by atoms with Crippen LogP contribution in [0.5, 0.6) is 0 Å². The molecule has 6 heteroatoms. The first-order valence-corrected chi connectivity index (χ1v) is 7.81. The Bertz CT molecular complexity index is 857. The number of hydrogen-bond acceptors (Lipinski definition) is 4. The first-order chi connectivity index (χ1) is 11.0. The van der Waals surface area contributed by atoms with Gasteiger partial charge in [0.2, 0.25) is 5.82 Å². The van der Waals surface area contributed by atoms with Crippen molar-refractivity contribution in [2.75, 3.05) is 5.32 Å². The summed E-state index contributed by atoms with van der Waals surface area (Å²) >= 11 is 3.34. The van der Waals surface area contributed by atoms with E-state index in [-0.39, 0.29) is 5.91 Å². The lowest BCUT2D eigenvalue weighted by Gasteiger charge is -2.05. The van der Waals surface area contributed by atoms with Crippen LogP contribution in [0.3, 0.4) is 0 Å². The standard InChI is InChI=1S/C17H14BrN3O2/c1-10-3-4-13(9-11(10)2)15-16(21-23-20-15)19-17(22)12-5-7-14(18)8-6-12/h3-9H,1-2H3,(H,19,21,22). The molecule has 1 heterocycles.